The van der Waals surface area contributed by atoms with Gasteiger partial charge in [-0.1, -0.05) is 64.7 Å². The molecular weight excluding hydrogens is 451 g/mol. The van der Waals surface area contributed by atoms with Crippen LogP contribution in [0.4, 0.5) is 0 Å². The van der Waals surface area contributed by atoms with Gasteiger partial charge in [-0.15, -0.1) is 0 Å². The van der Waals surface area contributed by atoms with Crippen LogP contribution in [0.2, 0.25) is 0 Å². The van der Waals surface area contributed by atoms with E-state index in [1.54, 1.807) is 4.90 Å². The van der Waals surface area contributed by atoms with Gasteiger partial charge in [0.15, 0.2) is 0 Å². The quantitative estimate of drug-likeness (QED) is 0.0985. The summed E-state index contributed by atoms with van der Waals surface area (Å²) >= 11 is 0. The Bertz CT molecular complexity index is 325. The Kier molecular flexibility index (Phi) is 42.5. The molecule has 0 heterocycles. The fourth-order valence-corrected chi connectivity index (χ4v) is 2.88. The van der Waals surface area contributed by atoms with Crippen molar-refractivity contribution in [1.29, 1.82) is 0 Å². The first kappa shape index (κ1) is 39.4. The molecule has 0 radical (unpaired) electrons. The van der Waals surface area contributed by atoms with E-state index in [-0.39, 0.29) is 129 Å². The molecule has 0 saturated carbocycles. The molecule has 0 saturated heterocycles. The molecule has 0 bridgehead atoms. The van der Waals surface area contributed by atoms with Crippen LogP contribution in [0, 0.1) is 0 Å². The minimum Gasteiger partial charge on any atom is -0.790 e. The van der Waals surface area contributed by atoms with Crippen molar-refractivity contribution in [3.63, 3.8) is 0 Å². The number of unbranched alkanes of at least 4 members (excludes halogenated alkanes) is 9. The van der Waals surface area contributed by atoms with Crippen LogP contribution in [0.5, 0.6) is 0 Å². The van der Waals surface area contributed by atoms with E-state index >= 15 is 0 Å². The Morgan fingerprint density at radius 3 is 1.38 bits per heavy atom. The molecule has 3 N–H and O–H groups in total. The molecule has 166 valence electrons. The molecule has 0 aromatic rings. The average Bonchev–Trinajstić information content (AvgIpc) is 2.60. The van der Waals surface area contributed by atoms with E-state index in [4.69, 9.17) is 15.3 Å². The second-order valence-electron chi connectivity index (χ2n) is 6.47. The first-order valence-corrected chi connectivity index (χ1v) is 11.6. The largest absolute Gasteiger partial charge is 1.00 e. The monoisotopic (exact) mass is 491 g/mol. The maximum absolute atomic E-state index is 10.1. The van der Waals surface area contributed by atoms with Gasteiger partial charge in [0.2, 0.25) is 0 Å². The first-order chi connectivity index (χ1) is 12.9. The van der Waals surface area contributed by atoms with Crippen LogP contribution in [-0.2, 0) is 9.09 Å². The van der Waals surface area contributed by atoms with E-state index in [9.17, 15) is 14.4 Å². The van der Waals surface area contributed by atoms with Crippen molar-refractivity contribution in [3.05, 3.63) is 0 Å². The molecule has 29 heavy (non-hydrogen) atoms. The summed E-state index contributed by atoms with van der Waals surface area (Å²) in [6, 6.07) is 0. The van der Waals surface area contributed by atoms with Crippen molar-refractivity contribution < 1.29 is 137 Å². The van der Waals surface area contributed by atoms with Crippen LogP contribution in [-0.4, -0.2) is 66.3 Å². The third-order valence-corrected chi connectivity index (χ3v) is 4.49. The summed E-state index contributed by atoms with van der Waals surface area (Å²) in [5.41, 5.74) is 0. The molecule has 11 heteroatoms. The molecule has 0 fully saturated rings. The standard InChI is InChI=1S/C12H27O4P.C6H15NO3.2K/c1-2-3-4-5-6-7-8-9-10-11-12-16-17(13,14)15;8-4-1-7(2-5-9)3-6-10;;/h2-12H2,1H3,(H2,13,14,15);8-10H,1-6H2;;/q;;2*+1/p-2. The van der Waals surface area contributed by atoms with Crippen molar-refractivity contribution in [3.8, 4) is 0 Å². The Labute approximate surface area is 262 Å². The van der Waals surface area contributed by atoms with E-state index in [2.05, 4.69) is 11.4 Å². The van der Waals surface area contributed by atoms with Crippen molar-refractivity contribution >= 4 is 7.82 Å². The smallest absolute Gasteiger partial charge is 0.790 e. The number of hydrogen-bond acceptors (Lipinski definition) is 8. The third-order valence-electron chi connectivity index (χ3n) is 4.00. The summed E-state index contributed by atoms with van der Waals surface area (Å²) < 4.78 is 14.3. The van der Waals surface area contributed by atoms with Gasteiger partial charge < -0.3 is 34.2 Å². The summed E-state index contributed by atoms with van der Waals surface area (Å²) in [5, 5.41) is 25.5. The Balaban J connectivity index is -0.000000226. The molecule has 8 nitrogen and oxygen atoms in total. The third kappa shape index (κ3) is 38.8. The van der Waals surface area contributed by atoms with Gasteiger partial charge in [0, 0.05) is 19.6 Å². The zero-order chi connectivity index (χ0) is 20.8. The van der Waals surface area contributed by atoms with Crippen molar-refractivity contribution in [2.24, 2.45) is 0 Å². The number of aliphatic hydroxyl groups is 3. The average molecular weight is 492 g/mol. The number of nitrogens with zero attached hydrogens (tertiary/aromatic N) is 1. The van der Waals surface area contributed by atoms with Gasteiger partial charge in [-0.3, -0.25) is 4.90 Å². The molecule has 0 aliphatic carbocycles. The van der Waals surface area contributed by atoms with Gasteiger partial charge in [0.05, 0.1) is 34.3 Å². The molecule has 0 unspecified atom stereocenters. The Morgan fingerprint density at radius 1 is 0.724 bits per heavy atom. The van der Waals surface area contributed by atoms with Crippen LogP contribution >= 0.6 is 7.82 Å². The minimum atomic E-state index is -4.74. The topological polar surface area (TPSA) is 136 Å². The second-order valence-corrected chi connectivity index (χ2v) is 7.63. The van der Waals surface area contributed by atoms with Crippen LogP contribution in [0.3, 0.4) is 0 Å². The van der Waals surface area contributed by atoms with Gasteiger partial charge in [-0.25, -0.2) is 0 Å². The van der Waals surface area contributed by atoms with Crippen molar-refractivity contribution in [2.75, 3.05) is 46.1 Å². The van der Waals surface area contributed by atoms with Crippen LogP contribution in [0.25, 0.3) is 0 Å². The number of aliphatic hydroxyl groups excluding tert-OH is 3. The second kappa shape index (κ2) is 31.2. The molecule has 0 amide bonds. The van der Waals surface area contributed by atoms with E-state index in [1.807, 2.05) is 0 Å². The fourth-order valence-electron chi connectivity index (χ4n) is 2.53. The summed E-state index contributed by atoms with van der Waals surface area (Å²) in [6.07, 6.45) is 11.7. The number of rotatable bonds is 18. The zero-order valence-corrected chi connectivity index (χ0v) is 26.0. The molecule has 0 spiro atoms. The normalized spacial score (nSPS) is 10.7. The number of phosphoric acid groups is 1. The summed E-state index contributed by atoms with van der Waals surface area (Å²) in [6.45, 7) is 4.01. The predicted octanol–water partition coefficient (Wildman–Crippen LogP) is -4.97. The van der Waals surface area contributed by atoms with Gasteiger partial charge in [0.25, 0.3) is 0 Å². The van der Waals surface area contributed by atoms with Crippen LogP contribution in [0.1, 0.15) is 71.1 Å². The predicted molar refractivity (Wildman–Crippen MR) is 103 cm³/mol. The van der Waals surface area contributed by atoms with Crippen molar-refractivity contribution in [1.82, 2.24) is 4.90 Å². The molecule has 0 aliphatic rings. The molecular formula is C18H40K2NO7P. The van der Waals surface area contributed by atoms with E-state index < -0.39 is 7.82 Å². The maximum atomic E-state index is 10.1. The molecule has 0 aromatic heterocycles. The van der Waals surface area contributed by atoms with Gasteiger partial charge >= 0.3 is 103 Å². The summed E-state index contributed by atoms with van der Waals surface area (Å²) in [5.74, 6) is 0. The summed E-state index contributed by atoms with van der Waals surface area (Å²) in [4.78, 5) is 22.1. The van der Waals surface area contributed by atoms with E-state index in [0.29, 0.717) is 26.1 Å². The fraction of sp³-hybridized carbons (Fsp3) is 1.00. The van der Waals surface area contributed by atoms with E-state index in [0.717, 1.165) is 12.8 Å². The van der Waals surface area contributed by atoms with E-state index in [1.165, 1.54) is 44.9 Å². The Hall–Kier alpha value is 3.22. The van der Waals surface area contributed by atoms with Crippen molar-refractivity contribution in [2.45, 2.75) is 71.1 Å². The molecule has 0 atom stereocenters. The first-order valence-electron chi connectivity index (χ1n) is 10.1. The summed E-state index contributed by atoms with van der Waals surface area (Å²) in [7, 11) is -4.74. The zero-order valence-electron chi connectivity index (χ0n) is 18.9. The molecule has 0 rings (SSSR count). The van der Waals surface area contributed by atoms with Gasteiger partial charge in [-0.2, -0.15) is 0 Å². The number of phosphoric ester groups is 1. The molecule has 0 aromatic carbocycles. The maximum Gasteiger partial charge on any atom is 1.00 e. The van der Waals surface area contributed by atoms with Crippen LogP contribution in [0.15, 0.2) is 0 Å². The SMILES string of the molecule is CCCCCCCCCCCCOP(=O)([O-])[O-].OCCN(CCO)CCO.[K+].[K+]. The van der Waals surface area contributed by atoms with Gasteiger partial charge in [-0.05, 0) is 6.42 Å². The molecule has 0 aliphatic heterocycles. The minimum absolute atomic E-state index is 0. The number of hydrogen-bond donors (Lipinski definition) is 3. The van der Waals surface area contributed by atoms with Gasteiger partial charge in [0.1, 0.15) is 0 Å². The Morgan fingerprint density at radius 2 is 1.07 bits per heavy atom. The van der Waals surface area contributed by atoms with Crippen LogP contribution < -0.4 is 113 Å².